The molecule has 2 heterocycles. The summed E-state index contributed by atoms with van der Waals surface area (Å²) < 4.78 is 14.1. The van der Waals surface area contributed by atoms with Crippen LogP contribution in [0.15, 0.2) is 48.8 Å². The van der Waals surface area contributed by atoms with Gasteiger partial charge in [-0.3, -0.25) is 9.78 Å². The number of pyridine rings is 1. The second-order valence-corrected chi connectivity index (χ2v) is 7.35. The van der Waals surface area contributed by atoms with Crippen molar-refractivity contribution in [3.8, 4) is 0 Å². The topological polar surface area (TPSA) is 53.4 Å². The molecule has 0 spiro atoms. The smallest absolute Gasteiger partial charge is 0.257 e. The lowest BCUT2D eigenvalue weighted by atomic mass is 9.66. The van der Waals surface area contributed by atoms with Crippen molar-refractivity contribution >= 4 is 5.91 Å². The lowest BCUT2D eigenvalue weighted by Crippen LogP contribution is -2.59. The number of hydrogen-bond acceptors (Lipinski definition) is 3. The minimum absolute atomic E-state index is 0.0266. The van der Waals surface area contributed by atoms with E-state index in [4.69, 9.17) is 0 Å². The number of amides is 1. The van der Waals surface area contributed by atoms with Crippen LogP contribution >= 0.6 is 0 Å². The fourth-order valence-corrected chi connectivity index (χ4v) is 4.72. The SMILES string of the molecule is O=C(c1ccncc1F)N1CCC(O)(c2ccccc2)C2CCCCC21. The Labute approximate surface area is 152 Å². The van der Waals surface area contributed by atoms with Crippen LogP contribution in [-0.4, -0.2) is 33.5 Å². The van der Waals surface area contributed by atoms with E-state index in [0.29, 0.717) is 13.0 Å². The van der Waals surface area contributed by atoms with E-state index in [-0.39, 0.29) is 23.4 Å². The zero-order valence-electron chi connectivity index (χ0n) is 14.6. The number of carbonyl (C=O) groups excluding carboxylic acids is 1. The highest BCUT2D eigenvalue weighted by molar-refractivity contribution is 5.94. The number of nitrogens with zero attached hydrogens (tertiary/aromatic N) is 2. The monoisotopic (exact) mass is 354 g/mol. The summed E-state index contributed by atoms with van der Waals surface area (Å²) in [7, 11) is 0. The molecule has 1 saturated heterocycles. The van der Waals surface area contributed by atoms with Crippen molar-refractivity contribution in [1.82, 2.24) is 9.88 Å². The third-order valence-electron chi connectivity index (χ3n) is 6.01. The highest BCUT2D eigenvalue weighted by Crippen LogP contribution is 2.47. The maximum absolute atomic E-state index is 14.1. The van der Waals surface area contributed by atoms with Gasteiger partial charge in [0.2, 0.25) is 0 Å². The molecule has 1 aromatic heterocycles. The number of aliphatic hydroxyl groups is 1. The standard InChI is InChI=1S/C21H23FN2O2/c22-18-14-23-12-10-16(18)20(25)24-13-11-21(26,15-6-2-1-3-7-15)17-8-4-5-9-19(17)24/h1-3,6-7,10,12,14,17,19,26H,4-5,8-9,11,13H2. The van der Waals surface area contributed by atoms with E-state index in [9.17, 15) is 14.3 Å². The minimum atomic E-state index is -0.931. The first-order chi connectivity index (χ1) is 12.6. The molecule has 1 amide bonds. The quantitative estimate of drug-likeness (QED) is 0.898. The molecule has 2 aliphatic rings. The molecule has 4 rings (SSSR count). The molecule has 3 unspecified atom stereocenters. The van der Waals surface area contributed by atoms with Gasteiger partial charge in [0, 0.05) is 24.7 Å². The lowest BCUT2D eigenvalue weighted by molar-refractivity contribution is -0.110. The lowest BCUT2D eigenvalue weighted by Gasteiger charge is -2.52. The van der Waals surface area contributed by atoms with Crippen molar-refractivity contribution in [2.24, 2.45) is 5.92 Å². The Bertz CT molecular complexity index is 798. The molecule has 1 aliphatic heterocycles. The van der Waals surface area contributed by atoms with Crippen LogP contribution in [0.5, 0.6) is 0 Å². The van der Waals surface area contributed by atoms with Gasteiger partial charge in [-0.25, -0.2) is 4.39 Å². The fourth-order valence-electron chi connectivity index (χ4n) is 4.72. The zero-order valence-corrected chi connectivity index (χ0v) is 14.6. The summed E-state index contributed by atoms with van der Waals surface area (Å²) in [6.45, 7) is 0.424. The fraction of sp³-hybridized carbons (Fsp3) is 0.429. The van der Waals surface area contributed by atoms with Crippen molar-refractivity contribution in [2.75, 3.05) is 6.54 Å². The molecule has 2 aromatic rings. The third kappa shape index (κ3) is 2.80. The average molecular weight is 354 g/mol. The molecule has 26 heavy (non-hydrogen) atoms. The number of carbonyl (C=O) groups is 1. The van der Waals surface area contributed by atoms with Gasteiger partial charge in [0.15, 0.2) is 5.82 Å². The average Bonchev–Trinajstić information content (AvgIpc) is 2.69. The van der Waals surface area contributed by atoms with E-state index < -0.39 is 11.4 Å². The van der Waals surface area contributed by atoms with Crippen LogP contribution in [0.25, 0.3) is 0 Å². The Kier molecular flexibility index (Phi) is 4.49. The van der Waals surface area contributed by atoms with E-state index in [1.165, 1.54) is 12.3 Å². The molecule has 1 saturated carbocycles. The first-order valence-electron chi connectivity index (χ1n) is 9.29. The van der Waals surface area contributed by atoms with Gasteiger partial charge in [-0.2, -0.15) is 0 Å². The van der Waals surface area contributed by atoms with Crippen molar-refractivity contribution in [2.45, 2.75) is 43.7 Å². The van der Waals surface area contributed by atoms with Crippen LogP contribution in [0.1, 0.15) is 48.0 Å². The number of aromatic nitrogens is 1. The first-order valence-corrected chi connectivity index (χ1v) is 9.29. The molecule has 5 heteroatoms. The number of rotatable bonds is 2. The van der Waals surface area contributed by atoms with Crippen LogP contribution in [0.4, 0.5) is 4.39 Å². The van der Waals surface area contributed by atoms with E-state index in [2.05, 4.69) is 4.98 Å². The van der Waals surface area contributed by atoms with Crippen molar-refractivity contribution in [3.63, 3.8) is 0 Å². The molecule has 2 fully saturated rings. The number of hydrogen-bond donors (Lipinski definition) is 1. The predicted molar refractivity (Wildman–Crippen MR) is 95.9 cm³/mol. The summed E-state index contributed by atoms with van der Waals surface area (Å²) in [6, 6.07) is 11.1. The van der Waals surface area contributed by atoms with Crippen LogP contribution in [0.3, 0.4) is 0 Å². The molecular weight excluding hydrogens is 331 g/mol. The van der Waals surface area contributed by atoms with Crippen molar-refractivity contribution in [3.05, 3.63) is 65.7 Å². The summed E-state index contributed by atoms with van der Waals surface area (Å²) in [5.41, 5.74) is 0.0495. The van der Waals surface area contributed by atoms with E-state index >= 15 is 0 Å². The van der Waals surface area contributed by atoms with Crippen LogP contribution < -0.4 is 0 Å². The normalized spacial score (nSPS) is 28.5. The second kappa shape index (κ2) is 6.80. The third-order valence-corrected chi connectivity index (χ3v) is 6.01. The van der Waals surface area contributed by atoms with Crippen LogP contribution in [0, 0.1) is 11.7 Å². The van der Waals surface area contributed by atoms with Crippen LogP contribution in [-0.2, 0) is 5.60 Å². The van der Waals surface area contributed by atoms with Gasteiger partial charge < -0.3 is 10.0 Å². The highest BCUT2D eigenvalue weighted by atomic mass is 19.1. The molecule has 1 aromatic carbocycles. The van der Waals surface area contributed by atoms with Gasteiger partial charge in [0.1, 0.15) is 0 Å². The molecule has 1 N–H and O–H groups in total. The van der Waals surface area contributed by atoms with Gasteiger partial charge in [-0.05, 0) is 30.9 Å². The highest BCUT2D eigenvalue weighted by Gasteiger charge is 2.50. The van der Waals surface area contributed by atoms with Gasteiger partial charge in [-0.15, -0.1) is 0 Å². The second-order valence-electron chi connectivity index (χ2n) is 7.35. The van der Waals surface area contributed by atoms with E-state index in [0.717, 1.165) is 37.4 Å². The van der Waals surface area contributed by atoms with Crippen molar-refractivity contribution < 1.29 is 14.3 Å². The number of fused-ring (bicyclic) bond motifs is 1. The Morgan fingerprint density at radius 2 is 1.96 bits per heavy atom. The molecule has 0 bridgehead atoms. The maximum Gasteiger partial charge on any atom is 0.257 e. The Hall–Kier alpha value is -2.27. The van der Waals surface area contributed by atoms with E-state index in [1.54, 1.807) is 4.90 Å². The summed E-state index contributed by atoms with van der Waals surface area (Å²) in [6.07, 6.45) is 6.78. The molecule has 1 aliphatic carbocycles. The number of likely N-dealkylation sites (tertiary alicyclic amines) is 1. The summed E-state index contributed by atoms with van der Waals surface area (Å²) in [5.74, 6) is -0.910. The van der Waals surface area contributed by atoms with Gasteiger partial charge >= 0.3 is 0 Å². The van der Waals surface area contributed by atoms with Gasteiger partial charge in [0.25, 0.3) is 5.91 Å². The van der Waals surface area contributed by atoms with Gasteiger partial charge in [0.05, 0.1) is 17.4 Å². The molecule has 0 radical (unpaired) electrons. The predicted octanol–water partition coefficient (Wildman–Crippen LogP) is 3.51. The Balaban J connectivity index is 1.67. The number of benzene rings is 1. The first kappa shape index (κ1) is 17.2. The summed E-state index contributed by atoms with van der Waals surface area (Å²) in [5, 5.41) is 11.5. The molecular formula is C21H23FN2O2. The number of halogens is 1. The zero-order chi connectivity index (χ0) is 18.1. The molecule has 3 atom stereocenters. The molecule has 4 nitrogen and oxygen atoms in total. The number of piperidine rings is 1. The van der Waals surface area contributed by atoms with E-state index in [1.807, 2.05) is 30.3 Å². The van der Waals surface area contributed by atoms with Crippen LogP contribution in [0.2, 0.25) is 0 Å². The maximum atomic E-state index is 14.1. The van der Waals surface area contributed by atoms with Gasteiger partial charge in [-0.1, -0.05) is 43.2 Å². The van der Waals surface area contributed by atoms with Crippen molar-refractivity contribution in [1.29, 1.82) is 0 Å². The Morgan fingerprint density at radius 1 is 1.19 bits per heavy atom. The molecule has 136 valence electrons. The largest absolute Gasteiger partial charge is 0.385 e. The minimum Gasteiger partial charge on any atom is -0.385 e. The Morgan fingerprint density at radius 3 is 2.73 bits per heavy atom. The summed E-state index contributed by atoms with van der Waals surface area (Å²) >= 11 is 0. The summed E-state index contributed by atoms with van der Waals surface area (Å²) in [4.78, 5) is 18.5.